The maximum atomic E-state index is 8.94. The van der Waals surface area contributed by atoms with Crippen LogP contribution in [0.25, 0.3) is 0 Å². The van der Waals surface area contributed by atoms with Crippen LogP contribution in [0.4, 0.5) is 5.69 Å². The third-order valence-electron chi connectivity index (χ3n) is 3.10. The fourth-order valence-electron chi connectivity index (χ4n) is 1.66. The Hall–Kier alpha value is -1.49. The van der Waals surface area contributed by atoms with Gasteiger partial charge in [0.2, 0.25) is 0 Å². The Kier molecular flexibility index (Phi) is 4.37. The van der Waals surface area contributed by atoms with Crippen molar-refractivity contribution in [3.8, 4) is 6.07 Å². The summed E-state index contributed by atoms with van der Waals surface area (Å²) < 4.78 is 0. The molecule has 0 spiro atoms. The van der Waals surface area contributed by atoms with E-state index < -0.39 is 0 Å². The van der Waals surface area contributed by atoms with Crippen LogP contribution < -0.4 is 4.90 Å². The SMILES string of the molecule is CCC(C#N)CN(C)c1ccc(C)c(C)c1. The third-order valence-corrected chi connectivity index (χ3v) is 3.10. The second kappa shape index (κ2) is 5.55. The fourth-order valence-corrected chi connectivity index (χ4v) is 1.66. The second-order valence-electron chi connectivity index (χ2n) is 4.38. The molecule has 0 bridgehead atoms. The lowest BCUT2D eigenvalue weighted by molar-refractivity contribution is 0.631. The van der Waals surface area contributed by atoms with Crippen LogP contribution in [0, 0.1) is 31.1 Å². The lowest BCUT2D eigenvalue weighted by Crippen LogP contribution is -2.24. The summed E-state index contributed by atoms with van der Waals surface area (Å²) in [6.07, 6.45) is 0.908. The fraction of sp³-hybridized carbons (Fsp3) is 0.500. The normalized spacial score (nSPS) is 11.9. The largest absolute Gasteiger partial charge is 0.373 e. The van der Waals surface area contributed by atoms with Crippen LogP contribution >= 0.6 is 0 Å². The number of hydrogen-bond acceptors (Lipinski definition) is 2. The highest BCUT2D eigenvalue weighted by Gasteiger charge is 2.09. The number of rotatable bonds is 4. The molecule has 0 fully saturated rings. The molecule has 0 aliphatic rings. The van der Waals surface area contributed by atoms with Crippen molar-refractivity contribution in [2.75, 3.05) is 18.5 Å². The van der Waals surface area contributed by atoms with Crippen molar-refractivity contribution in [3.05, 3.63) is 29.3 Å². The molecule has 0 amide bonds. The van der Waals surface area contributed by atoms with Crippen LogP contribution in [-0.2, 0) is 0 Å². The minimum Gasteiger partial charge on any atom is -0.373 e. The Morgan fingerprint density at radius 2 is 2.00 bits per heavy atom. The number of nitrogens with zero attached hydrogens (tertiary/aromatic N) is 2. The summed E-state index contributed by atoms with van der Waals surface area (Å²) in [6.45, 7) is 7.09. The number of nitriles is 1. The Balaban J connectivity index is 2.77. The number of aryl methyl sites for hydroxylation is 2. The van der Waals surface area contributed by atoms with Crippen molar-refractivity contribution in [2.45, 2.75) is 27.2 Å². The van der Waals surface area contributed by atoms with E-state index in [4.69, 9.17) is 5.26 Å². The van der Waals surface area contributed by atoms with E-state index in [0.29, 0.717) is 0 Å². The van der Waals surface area contributed by atoms with Crippen LogP contribution in [0.15, 0.2) is 18.2 Å². The first-order valence-electron chi connectivity index (χ1n) is 5.76. The summed E-state index contributed by atoms with van der Waals surface area (Å²) in [7, 11) is 2.05. The lowest BCUT2D eigenvalue weighted by Gasteiger charge is -2.22. The van der Waals surface area contributed by atoms with Gasteiger partial charge in [-0.05, 0) is 43.5 Å². The Labute approximate surface area is 98.5 Å². The number of hydrogen-bond donors (Lipinski definition) is 0. The first kappa shape index (κ1) is 12.6. The monoisotopic (exact) mass is 216 g/mol. The first-order chi connectivity index (χ1) is 7.58. The molecule has 1 unspecified atom stereocenters. The average molecular weight is 216 g/mol. The minimum absolute atomic E-state index is 0.117. The van der Waals surface area contributed by atoms with E-state index in [0.717, 1.165) is 13.0 Å². The molecule has 1 rings (SSSR count). The minimum atomic E-state index is 0.117. The van der Waals surface area contributed by atoms with Gasteiger partial charge in [0.15, 0.2) is 0 Å². The summed E-state index contributed by atoms with van der Waals surface area (Å²) in [5.74, 6) is 0.117. The molecule has 0 N–H and O–H groups in total. The van der Waals surface area contributed by atoms with Crippen molar-refractivity contribution in [3.63, 3.8) is 0 Å². The summed E-state index contributed by atoms with van der Waals surface area (Å²) in [4.78, 5) is 2.16. The van der Waals surface area contributed by atoms with Crippen LogP contribution in [0.3, 0.4) is 0 Å². The molecule has 0 aliphatic heterocycles. The van der Waals surface area contributed by atoms with Crippen LogP contribution in [0.2, 0.25) is 0 Å². The smallest absolute Gasteiger partial charge is 0.0674 e. The summed E-state index contributed by atoms with van der Waals surface area (Å²) in [5, 5.41) is 8.94. The quantitative estimate of drug-likeness (QED) is 0.772. The molecule has 1 aromatic rings. The van der Waals surface area contributed by atoms with Gasteiger partial charge in [0.25, 0.3) is 0 Å². The van der Waals surface area contributed by atoms with Gasteiger partial charge in [-0.25, -0.2) is 0 Å². The topological polar surface area (TPSA) is 27.0 Å². The van der Waals surface area contributed by atoms with Crippen molar-refractivity contribution in [2.24, 2.45) is 5.92 Å². The van der Waals surface area contributed by atoms with Gasteiger partial charge in [0.05, 0.1) is 12.0 Å². The molecule has 1 aromatic carbocycles. The van der Waals surface area contributed by atoms with Gasteiger partial charge < -0.3 is 4.90 Å². The van der Waals surface area contributed by atoms with Gasteiger partial charge in [-0.3, -0.25) is 0 Å². The molecule has 2 heteroatoms. The molecular weight excluding hydrogens is 196 g/mol. The van der Waals surface area contributed by atoms with Gasteiger partial charge in [-0.15, -0.1) is 0 Å². The maximum absolute atomic E-state index is 8.94. The Morgan fingerprint density at radius 1 is 1.31 bits per heavy atom. The standard InChI is InChI=1S/C14H20N2/c1-5-13(9-15)10-16(4)14-7-6-11(2)12(3)8-14/h6-8,13H,5,10H2,1-4H3. The lowest BCUT2D eigenvalue weighted by atomic mass is 10.1. The van der Waals surface area contributed by atoms with Gasteiger partial charge in [-0.1, -0.05) is 13.0 Å². The molecule has 86 valence electrons. The molecule has 0 heterocycles. The zero-order valence-electron chi connectivity index (χ0n) is 10.6. The average Bonchev–Trinajstić information content (AvgIpc) is 2.29. The predicted octanol–water partition coefficient (Wildman–Crippen LogP) is 3.29. The third kappa shape index (κ3) is 3.00. The first-order valence-corrected chi connectivity index (χ1v) is 5.76. The van der Waals surface area contributed by atoms with E-state index in [1.165, 1.54) is 16.8 Å². The summed E-state index contributed by atoms with van der Waals surface area (Å²) >= 11 is 0. The van der Waals surface area contributed by atoms with Crippen LogP contribution in [-0.4, -0.2) is 13.6 Å². The Morgan fingerprint density at radius 3 is 2.50 bits per heavy atom. The van der Waals surface area contributed by atoms with E-state index in [1.807, 2.05) is 7.05 Å². The molecule has 0 aliphatic carbocycles. The Bertz CT molecular complexity index is 390. The van der Waals surface area contributed by atoms with Gasteiger partial charge in [0.1, 0.15) is 0 Å². The molecule has 1 atom stereocenters. The van der Waals surface area contributed by atoms with Crippen molar-refractivity contribution in [1.29, 1.82) is 5.26 Å². The van der Waals surface area contributed by atoms with Gasteiger partial charge in [-0.2, -0.15) is 5.26 Å². The highest BCUT2D eigenvalue weighted by molar-refractivity contribution is 5.50. The molecule has 0 aromatic heterocycles. The highest BCUT2D eigenvalue weighted by Crippen LogP contribution is 2.19. The number of benzene rings is 1. The van der Waals surface area contributed by atoms with Crippen LogP contribution in [0.1, 0.15) is 24.5 Å². The van der Waals surface area contributed by atoms with Crippen molar-refractivity contribution >= 4 is 5.69 Å². The molecular formula is C14H20N2. The predicted molar refractivity (Wildman–Crippen MR) is 68.6 cm³/mol. The van der Waals surface area contributed by atoms with Crippen molar-refractivity contribution < 1.29 is 0 Å². The second-order valence-corrected chi connectivity index (χ2v) is 4.38. The van der Waals surface area contributed by atoms with E-state index in [-0.39, 0.29) is 5.92 Å². The van der Waals surface area contributed by atoms with Gasteiger partial charge in [0, 0.05) is 19.3 Å². The van der Waals surface area contributed by atoms with Gasteiger partial charge >= 0.3 is 0 Å². The highest BCUT2D eigenvalue weighted by atomic mass is 15.1. The van der Waals surface area contributed by atoms with E-state index in [2.05, 4.69) is 49.9 Å². The van der Waals surface area contributed by atoms with E-state index >= 15 is 0 Å². The number of anilines is 1. The van der Waals surface area contributed by atoms with E-state index in [1.54, 1.807) is 0 Å². The van der Waals surface area contributed by atoms with Crippen LogP contribution in [0.5, 0.6) is 0 Å². The zero-order valence-corrected chi connectivity index (χ0v) is 10.6. The molecule has 0 saturated carbocycles. The molecule has 16 heavy (non-hydrogen) atoms. The molecule has 2 nitrogen and oxygen atoms in total. The maximum Gasteiger partial charge on any atom is 0.0674 e. The van der Waals surface area contributed by atoms with Crippen molar-refractivity contribution in [1.82, 2.24) is 0 Å². The zero-order chi connectivity index (χ0) is 12.1. The van der Waals surface area contributed by atoms with E-state index in [9.17, 15) is 0 Å². The molecule has 0 radical (unpaired) electrons. The summed E-state index contributed by atoms with van der Waals surface area (Å²) in [6, 6.07) is 8.77. The summed E-state index contributed by atoms with van der Waals surface area (Å²) in [5.41, 5.74) is 3.80. The molecule has 0 saturated heterocycles.